The second-order valence-electron chi connectivity index (χ2n) is 4.32. The molecule has 1 N–H and O–H groups in total. The molecule has 2 rings (SSSR count). The molecule has 0 bridgehead atoms. The topological polar surface area (TPSA) is 29.5 Å². The molecule has 0 aromatic heterocycles. The van der Waals surface area contributed by atoms with Crippen molar-refractivity contribution in [3.8, 4) is 17.2 Å². The third-order valence-electron chi connectivity index (χ3n) is 2.74. The molecule has 0 fully saturated rings. The summed E-state index contributed by atoms with van der Waals surface area (Å²) >= 11 is 0. The van der Waals surface area contributed by atoms with E-state index in [1.807, 2.05) is 38.1 Å². The molecule has 0 heterocycles. The summed E-state index contributed by atoms with van der Waals surface area (Å²) in [5, 5.41) is 9.61. The second kappa shape index (κ2) is 4.50. The van der Waals surface area contributed by atoms with Gasteiger partial charge in [-0.3, -0.25) is 0 Å². The van der Waals surface area contributed by atoms with Gasteiger partial charge in [0.25, 0.3) is 0 Å². The minimum atomic E-state index is 0.257. The second-order valence-corrected chi connectivity index (χ2v) is 4.32. The fourth-order valence-corrected chi connectivity index (χ4v) is 1.69. The van der Waals surface area contributed by atoms with E-state index in [9.17, 15) is 5.11 Å². The van der Waals surface area contributed by atoms with Gasteiger partial charge in [0.2, 0.25) is 0 Å². The summed E-state index contributed by atoms with van der Waals surface area (Å²) in [4.78, 5) is 0. The lowest BCUT2D eigenvalue weighted by atomic mass is 10.1. The molecule has 17 heavy (non-hydrogen) atoms. The molecular weight excluding hydrogens is 212 g/mol. The highest BCUT2D eigenvalue weighted by atomic mass is 16.5. The van der Waals surface area contributed by atoms with Crippen molar-refractivity contribution in [2.24, 2.45) is 0 Å². The number of hydrogen-bond donors (Lipinski definition) is 1. The maximum Gasteiger partial charge on any atom is 0.131 e. The fraction of sp³-hybridized carbons (Fsp3) is 0.200. The van der Waals surface area contributed by atoms with Crippen molar-refractivity contribution < 1.29 is 9.84 Å². The lowest BCUT2D eigenvalue weighted by Crippen LogP contribution is -1.88. The summed E-state index contributed by atoms with van der Waals surface area (Å²) in [6.45, 7) is 5.92. The van der Waals surface area contributed by atoms with Gasteiger partial charge >= 0.3 is 0 Å². The lowest BCUT2D eigenvalue weighted by Gasteiger charge is -2.10. The van der Waals surface area contributed by atoms with Gasteiger partial charge in [-0.1, -0.05) is 23.8 Å². The Bertz CT molecular complexity index is 545. The largest absolute Gasteiger partial charge is 0.508 e. The highest BCUT2D eigenvalue weighted by molar-refractivity contribution is 5.43. The minimum absolute atomic E-state index is 0.257. The first-order valence-corrected chi connectivity index (χ1v) is 5.61. The van der Waals surface area contributed by atoms with Crippen molar-refractivity contribution in [3.05, 3.63) is 53.1 Å². The Kier molecular flexibility index (Phi) is 3.05. The molecule has 0 aliphatic carbocycles. The van der Waals surface area contributed by atoms with Crippen LogP contribution in [0.4, 0.5) is 0 Å². The van der Waals surface area contributed by atoms with Gasteiger partial charge in [-0.25, -0.2) is 0 Å². The van der Waals surface area contributed by atoms with E-state index in [0.29, 0.717) is 5.75 Å². The molecule has 2 aromatic rings. The van der Waals surface area contributed by atoms with Crippen molar-refractivity contribution in [3.63, 3.8) is 0 Å². The van der Waals surface area contributed by atoms with Crippen molar-refractivity contribution in [2.75, 3.05) is 0 Å². The highest BCUT2D eigenvalue weighted by Crippen LogP contribution is 2.29. The van der Waals surface area contributed by atoms with E-state index in [1.165, 1.54) is 5.56 Å². The molecule has 0 aliphatic heterocycles. The molecule has 0 saturated carbocycles. The fourth-order valence-electron chi connectivity index (χ4n) is 1.69. The number of phenols is 1. The lowest BCUT2D eigenvalue weighted by molar-refractivity contribution is 0.451. The molecule has 0 radical (unpaired) electrons. The van der Waals surface area contributed by atoms with Crippen LogP contribution in [0, 0.1) is 20.8 Å². The first-order chi connectivity index (χ1) is 8.06. The first kappa shape index (κ1) is 11.5. The van der Waals surface area contributed by atoms with Crippen LogP contribution in [0.25, 0.3) is 0 Å². The van der Waals surface area contributed by atoms with Gasteiger partial charge in [-0.2, -0.15) is 0 Å². The van der Waals surface area contributed by atoms with Crippen molar-refractivity contribution in [2.45, 2.75) is 20.8 Å². The molecule has 88 valence electrons. The van der Waals surface area contributed by atoms with Gasteiger partial charge in [-0.15, -0.1) is 0 Å². The molecule has 0 unspecified atom stereocenters. The molecule has 2 nitrogen and oxygen atoms in total. The van der Waals surface area contributed by atoms with E-state index in [4.69, 9.17) is 4.74 Å². The number of aryl methyl sites for hydroxylation is 3. The summed E-state index contributed by atoms with van der Waals surface area (Å²) < 4.78 is 5.74. The van der Waals surface area contributed by atoms with E-state index in [-0.39, 0.29) is 5.75 Å². The summed E-state index contributed by atoms with van der Waals surface area (Å²) in [6.07, 6.45) is 0. The zero-order valence-electron chi connectivity index (χ0n) is 10.3. The predicted molar refractivity (Wildman–Crippen MR) is 68.8 cm³/mol. The van der Waals surface area contributed by atoms with Crippen molar-refractivity contribution in [1.82, 2.24) is 0 Å². The third-order valence-corrected chi connectivity index (χ3v) is 2.74. The smallest absolute Gasteiger partial charge is 0.131 e. The van der Waals surface area contributed by atoms with E-state index >= 15 is 0 Å². The molecule has 2 heteroatoms. The van der Waals surface area contributed by atoms with Crippen LogP contribution in [0.15, 0.2) is 36.4 Å². The van der Waals surface area contributed by atoms with Gasteiger partial charge in [-0.05, 0) is 44.0 Å². The van der Waals surface area contributed by atoms with E-state index in [2.05, 4.69) is 13.0 Å². The van der Waals surface area contributed by atoms with Crippen molar-refractivity contribution >= 4 is 0 Å². The van der Waals surface area contributed by atoms with Gasteiger partial charge in [0.1, 0.15) is 17.2 Å². The monoisotopic (exact) mass is 228 g/mol. The zero-order valence-corrected chi connectivity index (χ0v) is 10.3. The SMILES string of the molecule is Cc1ccc(Oc2ccc(C)c(O)c2)c(C)c1. The van der Waals surface area contributed by atoms with E-state index < -0.39 is 0 Å². The highest BCUT2D eigenvalue weighted by Gasteiger charge is 2.03. The quantitative estimate of drug-likeness (QED) is 0.838. The molecule has 0 spiro atoms. The Morgan fingerprint density at radius 3 is 2.29 bits per heavy atom. The number of ether oxygens (including phenoxy) is 1. The molecule has 0 atom stereocenters. The molecule has 0 aliphatic rings. The predicted octanol–water partition coefficient (Wildman–Crippen LogP) is 4.11. The van der Waals surface area contributed by atoms with Crippen LogP contribution >= 0.6 is 0 Å². The number of benzene rings is 2. The van der Waals surface area contributed by atoms with Crippen LogP contribution in [0.2, 0.25) is 0 Å². The standard InChI is InChI=1S/C15H16O2/c1-10-4-7-15(12(3)8-10)17-13-6-5-11(2)14(16)9-13/h4-9,16H,1-3H3. The van der Waals surface area contributed by atoms with Crippen LogP contribution in [-0.4, -0.2) is 5.11 Å². The minimum Gasteiger partial charge on any atom is -0.508 e. The number of phenolic OH excluding ortho intramolecular Hbond substituents is 1. The molecule has 0 amide bonds. The summed E-state index contributed by atoms with van der Waals surface area (Å²) in [5.74, 6) is 1.73. The van der Waals surface area contributed by atoms with Gasteiger partial charge in [0.15, 0.2) is 0 Å². The molecular formula is C15H16O2. The van der Waals surface area contributed by atoms with Crippen LogP contribution in [0.1, 0.15) is 16.7 Å². The van der Waals surface area contributed by atoms with E-state index in [1.54, 1.807) is 6.07 Å². The summed E-state index contributed by atoms with van der Waals surface area (Å²) in [7, 11) is 0. The van der Waals surface area contributed by atoms with Crippen LogP contribution in [-0.2, 0) is 0 Å². The van der Waals surface area contributed by atoms with Gasteiger partial charge < -0.3 is 9.84 Å². The maximum absolute atomic E-state index is 9.61. The molecule has 0 saturated heterocycles. The number of aromatic hydroxyl groups is 1. The van der Waals surface area contributed by atoms with E-state index in [0.717, 1.165) is 16.9 Å². The Labute approximate surface area is 101 Å². The summed E-state index contributed by atoms with van der Waals surface area (Å²) in [5.41, 5.74) is 3.14. The maximum atomic E-state index is 9.61. The summed E-state index contributed by atoms with van der Waals surface area (Å²) in [6, 6.07) is 11.4. The third kappa shape index (κ3) is 2.59. The number of hydrogen-bond acceptors (Lipinski definition) is 2. The van der Waals surface area contributed by atoms with Gasteiger partial charge in [0, 0.05) is 6.07 Å². The van der Waals surface area contributed by atoms with Crippen molar-refractivity contribution in [1.29, 1.82) is 0 Å². The Hall–Kier alpha value is -1.96. The van der Waals surface area contributed by atoms with Crippen LogP contribution in [0.5, 0.6) is 17.2 Å². The average Bonchev–Trinajstić information content (AvgIpc) is 2.27. The Morgan fingerprint density at radius 2 is 1.65 bits per heavy atom. The van der Waals surface area contributed by atoms with Gasteiger partial charge in [0.05, 0.1) is 0 Å². The Morgan fingerprint density at radius 1 is 0.882 bits per heavy atom. The first-order valence-electron chi connectivity index (χ1n) is 5.61. The average molecular weight is 228 g/mol. The molecule has 2 aromatic carbocycles. The Balaban J connectivity index is 2.28. The zero-order chi connectivity index (χ0) is 12.4. The number of rotatable bonds is 2. The normalized spacial score (nSPS) is 10.3. The van der Waals surface area contributed by atoms with Crippen LogP contribution < -0.4 is 4.74 Å². The van der Waals surface area contributed by atoms with Crippen LogP contribution in [0.3, 0.4) is 0 Å².